The maximum Gasteiger partial charge on any atom is 0.120 e. The highest BCUT2D eigenvalue weighted by Gasteiger charge is 2.13. The van der Waals surface area contributed by atoms with Gasteiger partial charge in [-0.3, -0.25) is 0 Å². The van der Waals surface area contributed by atoms with E-state index in [4.69, 9.17) is 16.3 Å². The van der Waals surface area contributed by atoms with Crippen LogP contribution in [0.3, 0.4) is 0 Å². The first kappa shape index (κ1) is 14.0. The minimum absolute atomic E-state index is 0.139. The molecule has 0 heterocycles. The van der Waals surface area contributed by atoms with Gasteiger partial charge in [-0.1, -0.05) is 56.6 Å². The van der Waals surface area contributed by atoms with Gasteiger partial charge in [0.1, 0.15) is 12.4 Å². The van der Waals surface area contributed by atoms with E-state index in [0.29, 0.717) is 6.61 Å². The summed E-state index contributed by atoms with van der Waals surface area (Å²) < 4.78 is 5.82. The van der Waals surface area contributed by atoms with Gasteiger partial charge in [0.25, 0.3) is 0 Å². The Hall–Kier alpha value is -1.47. The highest BCUT2D eigenvalue weighted by Crippen LogP contribution is 2.26. The third-order valence-electron chi connectivity index (χ3n) is 3.02. The van der Waals surface area contributed by atoms with Crippen molar-refractivity contribution in [3.63, 3.8) is 0 Å². The average Bonchev–Trinajstić information content (AvgIpc) is 2.37. The molecular weight excluding hydrogens is 256 g/mol. The van der Waals surface area contributed by atoms with Gasteiger partial charge >= 0.3 is 0 Å². The molecule has 0 spiro atoms. The number of rotatable bonds is 3. The Morgan fingerprint density at radius 1 is 1.00 bits per heavy atom. The molecule has 0 amide bonds. The molecule has 2 aromatic rings. The first-order valence-electron chi connectivity index (χ1n) is 6.43. The van der Waals surface area contributed by atoms with E-state index in [1.165, 1.54) is 5.56 Å². The maximum absolute atomic E-state index is 5.86. The van der Waals surface area contributed by atoms with Gasteiger partial charge in [-0.25, -0.2) is 0 Å². The van der Waals surface area contributed by atoms with Gasteiger partial charge in [-0.2, -0.15) is 0 Å². The van der Waals surface area contributed by atoms with Gasteiger partial charge in [0, 0.05) is 5.02 Å². The molecule has 0 fully saturated rings. The number of hydrogen-bond acceptors (Lipinski definition) is 1. The van der Waals surface area contributed by atoms with Crippen LogP contribution in [0.4, 0.5) is 0 Å². The fraction of sp³-hybridized carbons (Fsp3) is 0.294. The fourth-order valence-corrected chi connectivity index (χ4v) is 1.93. The summed E-state index contributed by atoms with van der Waals surface area (Å²) in [4.78, 5) is 0. The van der Waals surface area contributed by atoms with E-state index in [9.17, 15) is 0 Å². The molecule has 2 rings (SSSR count). The van der Waals surface area contributed by atoms with Gasteiger partial charge in [0.2, 0.25) is 0 Å². The standard InChI is InChI=1S/C17H19ClO/c1-17(2,3)14-5-4-6-16(11-14)19-12-13-7-9-15(18)10-8-13/h4-11H,12H2,1-3H3. The molecule has 1 nitrogen and oxygen atoms in total. The Bertz CT molecular complexity index is 538. The van der Waals surface area contributed by atoms with Crippen LogP contribution in [-0.4, -0.2) is 0 Å². The van der Waals surface area contributed by atoms with E-state index in [1.807, 2.05) is 36.4 Å². The average molecular weight is 275 g/mol. The lowest BCUT2D eigenvalue weighted by Gasteiger charge is -2.19. The summed E-state index contributed by atoms with van der Waals surface area (Å²) in [7, 11) is 0. The molecule has 0 aliphatic heterocycles. The van der Waals surface area contributed by atoms with Crippen LogP contribution >= 0.6 is 11.6 Å². The zero-order valence-electron chi connectivity index (χ0n) is 11.6. The Labute approximate surface area is 120 Å². The Balaban J connectivity index is 2.05. The van der Waals surface area contributed by atoms with Crippen molar-refractivity contribution in [2.24, 2.45) is 0 Å². The molecule has 2 aromatic carbocycles. The molecule has 0 atom stereocenters. The minimum Gasteiger partial charge on any atom is -0.489 e. The largest absolute Gasteiger partial charge is 0.489 e. The van der Waals surface area contributed by atoms with Gasteiger partial charge in [0.15, 0.2) is 0 Å². The molecule has 0 saturated heterocycles. The van der Waals surface area contributed by atoms with Crippen LogP contribution in [0.2, 0.25) is 5.02 Å². The summed E-state index contributed by atoms with van der Waals surface area (Å²) >= 11 is 5.86. The van der Waals surface area contributed by atoms with E-state index in [0.717, 1.165) is 16.3 Å². The lowest BCUT2D eigenvalue weighted by Crippen LogP contribution is -2.10. The van der Waals surface area contributed by atoms with E-state index in [1.54, 1.807) is 0 Å². The quantitative estimate of drug-likeness (QED) is 0.746. The SMILES string of the molecule is CC(C)(C)c1cccc(OCc2ccc(Cl)cc2)c1. The van der Waals surface area contributed by atoms with Crippen LogP contribution in [0.1, 0.15) is 31.9 Å². The number of halogens is 1. The molecule has 0 N–H and O–H groups in total. The summed E-state index contributed by atoms with van der Waals surface area (Å²) in [6.45, 7) is 7.16. The Morgan fingerprint density at radius 3 is 2.32 bits per heavy atom. The first-order chi connectivity index (χ1) is 8.95. The lowest BCUT2D eigenvalue weighted by atomic mass is 9.87. The smallest absolute Gasteiger partial charge is 0.120 e. The zero-order valence-corrected chi connectivity index (χ0v) is 12.4. The van der Waals surface area contributed by atoms with Gasteiger partial charge < -0.3 is 4.74 Å². The molecule has 100 valence electrons. The summed E-state index contributed by atoms with van der Waals surface area (Å²) in [6.07, 6.45) is 0. The number of hydrogen-bond donors (Lipinski definition) is 0. The molecular formula is C17H19ClO. The molecule has 0 bridgehead atoms. The van der Waals surface area contributed by atoms with E-state index in [-0.39, 0.29) is 5.41 Å². The molecule has 0 aromatic heterocycles. The third kappa shape index (κ3) is 4.00. The summed E-state index contributed by atoms with van der Waals surface area (Å²) in [5, 5.41) is 0.749. The van der Waals surface area contributed by atoms with Crippen molar-refractivity contribution in [1.29, 1.82) is 0 Å². The summed E-state index contributed by atoms with van der Waals surface area (Å²) in [5.41, 5.74) is 2.53. The Morgan fingerprint density at radius 2 is 1.68 bits per heavy atom. The topological polar surface area (TPSA) is 9.23 Å². The molecule has 0 unspecified atom stereocenters. The van der Waals surface area contributed by atoms with Gasteiger partial charge in [-0.05, 0) is 40.8 Å². The highest BCUT2D eigenvalue weighted by atomic mass is 35.5. The monoisotopic (exact) mass is 274 g/mol. The van der Waals surface area contributed by atoms with Crippen molar-refractivity contribution in [3.05, 3.63) is 64.7 Å². The molecule has 0 saturated carbocycles. The second-order valence-corrected chi connectivity index (χ2v) is 6.13. The molecule has 2 heteroatoms. The lowest BCUT2D eigenvalue weighted by molar-refractivity contribution is 0.305. The molecule has 0 aliphatic carbocycles. The predicted molar refractivity (Wildman–Crippen MR) is 80.9 cm³/mol. The van der Waals surface area contributed by atoms with Crippen LogP contribution in [0.25, 0.3) is 0 Å². The predicted octanol–water partition coefficient (Wildman–Crippen LogP) is 5.22. The van der Waals surface area contributed by atoms with Crippen LogP contribution < -0.4 is 4.74 Å². The van der Waals surface area contributed by atoms with Crippen molar-refractivity contribution in [1.82, 2.24) is 0 Å². The van der Waals surface area contributed by atoms with Crippen LogP contribution in [-0.2, 0) is 12.0 Å². The summed E-state index contributed by atoms with van der Waals surface area (Å²) in [5.74, 6) is 0.905. The van der Waals surface area contributed by atoms with Crippen molar-refractivity contribution in [3.8, 4) is 5.75 Å². The van der Waals surface area contributed by atoms with Crippen molar-refractivity contribution < 1.29 is 4.74 Å². The van der Waals surface area contributed by atoms with Gasteiger partial charge in [-0.15, -0.1) is 0 Å². The Kier molecular flexibility index (Phi) is 4.16. The summed E-state index contributed by atoms with van der Waals surface area (Å²) in [6, 6.07) is 16.0. The van der Waals surface area contributed by atoms with Gasteiger partial charge in [0.05, 0.1) is 0 Å². The zero-order chi connectivity index (χ0) is 13.9. The molecule has 0 radical (unpaired) electrons. The van der Waals surface area contributed by atoms with Crippen LogP contribution in [0.5, 0.6) is 5.75 Å². The normalized spacial score (nSPS) is 11.4. The highest BCUT2D eigenvalue weighted by molar-refractivity contribution is 6.30. The van der Waals surface area contributed by atoms with E-state index >= 15 is 0 Å². The van der Waals surface area contributed by atoms with E-state index in [2.05, 4.69) is 32.9 Å². The fourth-order valence-electron chi connectivity index (χ4n) is 1.80. The van der Waals surface area contributed by atoms with Crippen molar-refractivity contribution >= 4 is 11.6 Å². The second-order valence-electron chi connectivity index (χ2n) is 5.69. The van der Waals surface area contributed by atoms with Crippen LogP contribution in [0.15, 0.2) is 48.5 Å². The van der Waals surface area contributed by atoms with Crippen molar-refractivity contribution in [2.45, 2.75) is 32.8 Å². The number of ether oxygens (including phenoxy) is 1. The number of benzene rings is 2. The third-order valence-corrected chi connectivity index (χ3v) is 3.27. The first-order valence-corrected chi connectivity index (χ1v) is 6.81. The minimum atomic E-state index is 0.139. The maximum atomic E-state index is 5.86. The molecule has 0 aliphatic rings. The second kappa shape index (κ2) is 5.66. The molecule has 19 heavy (non-hydrogen) atoms. The van der Waals surface area contributed by atoms with Crippen LogP contribution in [0, 0.1) is 0 Å². The van der Waals surface area contributed by atoms with E-state index < -0.39 is 0 Å². The van der Waals surface area contributed by atoms with Crippen molar-refractivity contribution in [2.75, 3.05) is 0 Å².